The molecule has 0 radical (unpaired) electrons. The van der Waals surface area contributed by atoms with Gasteiger partial charge in [-0.3, -0.25) is 14.5 Å². The summed E-state index contributed by atoms with van der Waals surface area (Å²) in [4.78, 5) is 38.6. The van der Waals surface area contributed by atoms with Crippen molar-refractivity contribution >= 4 is 52.2 Å². The van der Waals surface area contributed by atoms with Crippen LogP contribution in [0.4, 0.5) is 29.3 Å². The Labute approximate surface area is 200 Å². The third-order valence-corrected chi connectivity index (χ3v) is 5.68. The van der Waals surface area contributed by atoms with Gasteiger partial charge in [0.1, 0.15) is 11.1 Å². The van der Waals surface area contributed by atoms with Crippen molar-refractivity contribution in [3.63, 3.8) is 0 Å². The maximum atomic E-state index is 14.2. The summed E-state index contributed by atoms with van der Waals surface area (Å²) >= 11 is 11.9. The lowest BCUT2D eigenvalue weighted by molar-refractivity contribution is -0.181. The molecule has 0 aromatic carbocycles. The molecule has 0 unspecified atom stereocenters. The van der Waals surface area contributed by atoms with Crippen molar-refractivity contribution in [1.82, 2.24) is 25.1 Å². The summed E-state index contributed by atoms with van der Waals surface area (Å²) in [6, 6.07) is 1.67. The second kappa shape index (κ2) is 8.56. The molecule has 15 heteroatoms. The molecular formula is C19H16Cl2F3N7O3. The average molecular weight is 518 g/mol. The SMILES string of the molecule is CCONC(=O)c1ncc(NC(=O)N2C[C@@](C)(C(F)(F)F)c3c2cnc2cc(Cl)nn32)cc1Cl. The lowest BCUT2D eigenvalue weighted by Crippen LogP contribution is -2.46. The molecule has 0 saturated heterocycles. The second-order valence-corrected chi connectivity index (χ2v) is 8.29. The number of hydroxylamine groups is 1. The van der Waals surface area contributed by atoms with Gasteiger partial charge in [-0.1, -0.05) is 23.2 Å². The molecule has 0 fully saturated rings. The minimum Gasteiger partial charge on any atom is -0.306 e. The van der Waals surface area contributed by atoms with Gasteiger partial charge in [0.15, 0.2) is 10.8 Å². The number of hydrogen-bond acceptors (Lipinski definition) is 6. The van der Waals surface area contributed by atoms with Crippen LogP contribution < -0.4 is 15.7 Å². The van der Waals surface area contributed by atoms with Gasteiger partial charge < -0.3 is 5.32 Å². The second-order valence-electron chi connectivity index (χ2n) is 7.49. The third-order valence-electron chi connectivity index (χ3n) is 5.21. The first-order chi connectivity index (χ1) is 16.0. The van der Waals surface area contributed by atoms with Crippen LogP contribution in [-0.4, -0.2) is 50.8 Å². The van der Waals surface area contributed by atoms with Crippen LogP contribution in [0.25, 0.3) is 5.65 Å². The van der Waals surface area contributed by atoms with Crippen LogP contribution in [0, 0.1) is 0 Å². The number of rotatable bonds is 4. The Balaban J connectivity index is 1.66. The van der Waals surface area contributed by atoms with Gasteiger partial charge in [-0.2, -0.15) is 18.3 Å². The fourth-order valence-corrected chi connectivity index (χ4v) is 3.97. The zero-order chi connectivity index (χ0) is 24.8. The van der Waals surface area contributed by atoms with Crippen molar-refractivity contribution < 1.29 is 27.6 Å². The van der Waals surface area contributed by atoms with E-state index in [1.165, 1.54) is 12.1 Å². The van der Waals surface area contributed by atoms with Crippen LogP contribution in [0.3, 0.4) is 0 Å². The average Bonchev–Trinajstić information content (AvgIpc) is 3.29. The van der Waals surface area contributed by atoms with E-state index in [4.69, 9.17) is 28.0 Å². The number of urea groups is 1. The molecule has 0 spiro atoms. The highest BCUT2D eigenvalue weighted by Crippen LogP contribution is 2.50. The first-order valence-electron chi connectivity index (χ1n) is 9.74. The van der Waals surface area contributed by atoms with Gasteiger partial charge in [0, 0.05) is 12.6 Å². The van der Waals surface area contributed by atoms with Gasteiger partial charge in [0.2, 0.25) is 0 Å². The van der Waals surface area contributed by atoms with Gasteiger partial charge in [-0.05, 0) is 19.9 Å². The summed E-state index contributed by atoms with van der Waals surface area (Å²) in [7, 11) is 0. The minimum atomic E-state index is -4.72. The number of fused-ring (bicyclic) bond motifs is 3. The lowest BCUT2D eigenvalue weighted by Gasteiger charge is -2.28. The van der Waals surface area contributed by atoms with Crippen LogP contribution in [0.15, 0.2) is 24.5 Å². The normalized spacial score (nSPS) is 17.7. The summed E-state index contributed by atoms with van der Waals surface area (Å²) in [5, 5.41) is 6.22. The topological polar surface area (TPSA) is 114 Å². The number of aromatic nitrogens is 4. The number of carbonyl (C=O) groups excluding carboxylic acids is 2. The Morgan fingerprint density at radius 2 is 1.97 bits per heavy atom. The van der Waals surface area contributed by atoms with Crippen molar-refractivity contribution in [3.8, 4) is 0 Å². The summed E-state index contributed by atoms with van der Waals surface area (Å²) < 4.78 is 43.5. The van der Waals surface area contributed by atoms with Gasteiger partial charge in [-0.25, -0.2) is 24.8 Å². The fourth-order valence-electron chi connectivity index (χ4n) is 3.54. The number of halogens is 5. The smallest absolute Gasteiger partial charge is 0.306 e. The van der Waals surface area contributed by atoms with E-state index in [1.54, 1.807) is 6.92 Å². The largest absolute Gasteiger partial charge is 0.401 e. The van der Waals surface area contributed by atoms with Gasteiger partial charge in [-0.15, -0.1) is 0 Å². The Kier molecular flexibility index (Phi) is 6.04. The van der Waals surface area contributed by atoms with E-state index in [9.17, 15) is 22.8 Å². The molecular weight excluding hydrogens is 502 g/mol. The number of nitrogens with zero attached hydrogens (tertiary/aromatic N) is 5. The molecule has 1 aliphatic heterocycles. The zero-order valence-electron chi connectivity index (χ0n) is 17.6. The number of alkyl halides is 3. The van der Waals surface area contributed by atoms with E-state index < -0.39 is 30.1 Å². The van der Waals surface area contributed by atoms with Crippen molar-refractivity contribution in [3.05, 3.63) is 46.1 Å². The monoisotopic (exact) mass is 517 g/mol. The predicted molar refractivity (Wildman–Crippen MR) is 116 cm³/mol. The Morgan fingerprint density at radius 1 is 1.24 bits per heavy atom. The Bertz CT molecular complexity index is 1300. The number of amides is 3. The molecule has 3 aromatic rings. The summed E-state index contributed by atoms with van der Waals surface area (Å²) in [6.45, 7) is 2.12. The van der Waals surface area contributed by atoms with Crippen molar-refractivity contribution in [1.29, 1.82) is 0 Å². The van der Waals surface area contributed by atoms with Crippen LogP contribution in [0.2, 0.25) is 10.2 Å². The standard InChI is InChI=1S/C19H16Cl2F3N7O3/c1-3-34-29-16(32)14-10(20)4-9(6-26-14)27-17(33)30-8-18(2,19(22,23)24)15-11(30)7-25-13-5-12(21)28-31(13)15/h4-7H,3,8H2,1-2H3,(H,27,33)(H,29,32)/t18-/m1/s1. The highest BCUT2D eigenvalue weighted by Gasteiger charge is 2.60. The highest BCUT2D eigenvalue weighted by molar-refractivity contribution is 6.33. The van der Waals surface area contributed by atoms with E-state index in [2.05, 4.69) is 25.9 Å². The molecule has 3 amide bonds. The number of nitrogens with one attached hydrogen (secondary N) is 2. The van der Waals surface area contributed by atoms with Crippen LogP contribution in [0.5, 0.6) is 0 Å². The number of anilines is 2. The molecule has 180 valence electrons. The van der Waals surface area contributed by atoms with E-state index in [0.717, 1.165) is 28.7 Å². The van der Waals surface area contributed by atoms with E-state index in [-0.39, 0.29) is 45.2 Å². The van der Waals surface area contributed by atoms with Crippen molar-refractivity contribution in [2.45, 2.75) is 25.4 Å². The maximum Gasteiger partial charge on any atom is 0.401 e. The minimum absolute atomic E-state index is 0.0393. The van der Waals surface area contributed by atoms with Crippen molar-refractivity contribution in [2.24, 2.45) is 0 Å². The molecule has 1 aliphatic rings. The predicted octanol–water partition coefficient (Wildman–Crippen LogP) is 3.98. The van der Waals surface area contributed by atoms with Gasteiger partial charge >= 0.3 is 12.2 Å². The molecule has 34 heavy (non-hydrogen) atoms. The molecule has 1 atom stereocenters. The van der Waals surface area contributed by atoms with E-state index in [0.29, 0.717) is 0 Å². The molecule has 10 nitrogen and oxygen atoms in total. The zero-order valence-corrected chi connectivity index (χ0v) is 19.1. The highest BCUT2D eigenvalue weighted by atomic mass is 35.5. The Hall–Kier alpha value is -3.16. The lowest BCUT2D eigenvalue weighted by atomic mass is 9.88. The quantitative estimate of drug-likeness (QED) is 0.506. The number of pyridine rings is 1. The van der Waals surface area contributed by atoms with Crippen LogP contribution >= 0.6 is 23.2 Å². The molecule has 0 bridgehead atoms. The van der Waals surface area contributed by atoms with Crippen LogP contribution in [0.1, 0.15) is 30.0 Å². The summed E-state index contributed by atoms with van der Waals surface area (Å²) in [5.41, 5.74) is -0.672. The molecule has 3 aromatic heterocycles. The summed E-state index contributed by atoms with van der Waals surface area (Å²) in [6.07, 6.45) is -2.42. The van der Waals surface area contributed by atoms with Crippen molar-refractivity contribution in [2.75, 3.05) is 23.4 Å². The summed E-state index contributed by atoms with van der Waals surface area (Å²) in [5.74, 6) is -0.702. The maximum absolute atomic E-state index is 14.2. The number of carbonyl (C=O) groups is 2. The molecule has 0 saturated carbocycles. The van der Waals surface area contributed by atoms with Gasteiger partial charge in [0.25, 0.3) is 5.91 Å². The molecule has 4 heterocycles. The Morgan fingerprint density at radius 3 is 2.62 bits per heavy atom. The first kappa shape index (κ1) is 24.0. The third kappa shape index (κ3) is 3.99. The molecule has 2 N–H and O–H groups in total. The van der Waals surface area contributed by atoms with Crippen LogP contribution in [-0.2, 0) is 10.3 Å². The van der Waals surface area contributed by atoms with E-state index in [1.807, 2.05) is 0 Å². The molecule has 0 aliphatic carbocycles. The molecule has 4 rings (SSSR count). The van der Waals surface area contributed by atoms with Gasteiger partial charge in [0.05, 0.1) is 41.1 Å². The number of hydrogen-bond donors (Lipinski definition) is 2. The fraction of sp³-hybridized carbons (Fsp3) is 0.316. The first-order valence-corrected chi connectivity index (χ1v) is 10.5. The van der Waals surface area contributed by atoms with E-state index >= 15 is 0 Å².